The van der Waals surface area contributed by atoms with E-state index in [4.69, 9.17) is 10.6 Å². The second-order valence-corrected chi connectivity index (χ2v) is 6.69. The predicted molar refractivity (Wildman–Crippen MR) is 103 cm³/mol. The summed E-state index contributed by atoms with van der Waals surface area (Å²) < 4.78 is 7.14. The van der Waals surface area contributed by atoms with Crippen molar-refractivity contribution in [3.8, 4) is 11.4 Å². The van der Waals surface area contributed by atoms with Crippen LogP contribution in [0.3, 0.4) is 0 Å². The van der Waals surface area contributed by atoms with Gasteiger partial charge in [0.15, 0.2) is 11.2 Å². The van der Waals surface area contributed by atoms with Gasteiger partial charge < -0.3 is 10.1 Å². The molecule has 2 atom stereocenters. The number of ether oxygens (including phenoxy) is 1. The molecule has 0 saturated heterocycles. The summed E-state index contributed by atoms with van der Waals surface area (Å²) in [5.74, 6) is 6.30. The Balaban J connectivity index is 1.54. The molecule has 0 radical (unpaired) electrons. The van der Waals surface area contributed by atoms with E-state index in [2.05, 4.69) is 31.0 Å². The highest BCUT2D eigenvalue weighted by Gasteiger charge is 2.30. The van der Waals surface area contributed by atoms with Crippen LogP contribution in [0.2, 0.25) is 0 Å². The Kier molecular flexibility index (Phi) is 5.02. The second-order valence-electron chi connectivity index (χ2n) is 6.69. The van der Waals surface area contributed by atoms with E-state index < -0.39 is 0 Å². The standard InChI is InChI=1S/C18H22N8O2/c1-2-28-14-7-5-13(6-8-14)26-16-15(24-25-26)10-20-18(22-16)21-12-4-3-11(9-12)17(27)23-19/h5-8,10-12H,2-4,9,19H2,1H3,(H,23,27)(H,20,21,22)/t11-,12-/m1/s1. The topological polar surface area (TPSA) is 133 Å². The SMILES string of the molecule is CCOc1ccc(-n2nnc3cnc(N[C@@H]4CC[C@@H](C(=O)NN)C4)nc32)cc1. The number of hydrazine groups is 1. The largest absolute Gasteiger partial charge is 0.494 e. The van der Waals surface area contributed by atoms with Crippen LogP contribution in [-0.2, 0) is 4.79 Å². The third kappa shape index (κ3) is 3.58. The molecule has 1 fully saturated rings. The lowest BCUT2D eigenvalue weighted by Crippen LogP contribution is -2.35. The zero-order valence-corrected chi connectivity index (χ0v) is 15.5. The van der Waals surface area contributed by atoms with E-state index in [0.29, 0.717) is 30.1 Å². The number of carbonyl (C=O) groups excluding carboxylic acids is 1. The summed E-state index contributed by atoms with van der Waals surface area (Å²) in [4.78, 5) is 20.6. The zero-order chi connectivity index (χ0) is 19.5. The molecule has 10 nitrogen and oxygen atoms in total. The van der Waals surface area contributed by atoms with Gasteiger partial charge in [-0.3, -0.25) is 10.2 Å². The number of fused-ring (bicyclic) bond motifs is 1. The monoisotopic (exact) mass is 382 g/mol. The molecule has 0 spiro atoms. The van der Waals surface area contributed by atoms with Gasteiger partial charge >= 0.3 is 0 Å². The summed E-state index contributed by atoms with van der Waals surface area (Å²) in [6.07, 6.45) is 3.98. The Bertz CT molecular complexity index is 971. The first kappa shape index (κ1) is 18.1. The number of rotatable bonds is 6. The van der Waals surface area contributed by atoms with Gasteiger partial charge in [0, 0.05) is 12.0 Å². The molecule has 1 aliphatic carbocycles. The average Bonchev–Trinajstić information content (AvgIpc) is 3.35. The van der Waals surface area contributed by atoms with Gasteiger partial charge in [-0.05, 0) is 50.5 Å². The summed E-state index contributed by atoms with van der Waals surface area (Å²) in [5.41, 5.74) is 4.26. The Labute approximate surface area is 161 Å². The van der Waals surface area contributed by atoms with E-state index in [-0.39, 0.29) is 17.9 Å². The molecule has 1 saturated carbocycles. The minimum Gasteiger partial charge on any atom is -0.494 e. The molecule has 146 valence electrons. The van der Waals surface area contributed by atoms with Crippen molar-refractivity contribution >= 4 is 23.0 Å². The highest BCUT2D eigenvalue weighted by atomic mass is 16.5. The van der Waals surface area contributed by atoms with E-state index in [1.165, 1.54) is 0 Å². The van der Waals surface area contributed by atoms with Crippen LogP contribution in [0.5, 0.6) is 5.75 Å². The van der Waals surface area contributed by atoms with Crippen molar-refractivity contribution in [1.29, 1.82) is 0 Å². The fourth-order valence-corrected chi connectivity index (χ4v) is 3.47. The molecule has 1 aliphatic rings. The van der Waals surface area contributed by atoms with Gasteiger partial charge in [0.25, 0.3) is 0 Å². The van der Waals surface area contributed by atoms with Gasteiger partial charge in [-0.1, -0.05) is 5.21 Å². The zero-order valence-electron chi connectivity index (χ0n) is 15.5. The van der Waals surface area contributed by atoms with Crippen molar-refractivity contribution in [1.82, 2.24) is 30.4 Å². The molecule has 0 unspecified atom stereocenters. The van der Waals surface area contributed by atoms with E-state index in [9.17, 15) is 4.79 Å². The Morgan fingerprint density at radius 2 is 2.14 bits per heavy atom. The van der Waals surface area contributed by atoms with E-state index in [0.717, 1.165) is 24.3 Å². The summed E-state index contributed by atoms with van der Waals surface area (Å²) in [6, 6.07) is 7.69. The molecular weight excluding hydrogens is 360 g/mol. The molecule has 3 aromatic rings. The van der Waals surface area contributed by atoms with Crippen molar-refractivity contribution in [2.75, 3.05) is 11.9 Å². The Morgan fingerprint density at radius 3 is 2.89 bits per heavy atom. The molecular formula is C18H22N8O2. The van der Waals surface area contributed by atoms with Crippen LogP contribution in [0.1, 0.15) is 26.2 Å². The van der Waals surface area contributed by atoms with E-state index >= 15 is 0 Å². The molecule has 1 aromatic carbocycles. The highest BCUT2D eigenvalue weighted by Crippen LogP contribution is 2.28. The molecule has 10 heteroatoms. The van der Waals surface area contributed by atoms with Crippen molar-refractivity contribution < 1.29 is 9.53 Å². The van der Waals surface area contributed by atoms with Gasteiger partial charge in [0.05, 0.1) is 18.5 Å². The summed E-state index contributed by atoms with van der Waals surface area (Å²) in [7, 11) is 0. The number of benzene rings is 1. The van der Waals surface area contributed by atoms with Crippen molar-refractivity contribution in [3.63, 3.8) is 0 Å². The first-order valence-corrected chi connectivity index (χ1v) is 9.26. The van der Waals surface area contributed by atoms with Crippen molar-refractivity contribution in [3.05, 3.63) is 30.5 Å². The van der Waals surface area contributed by atoms with Gasteiger partial charge in [-0.2, -0.15) is 9.67 Å². The van der Waals surface area contributed by atoms with Gasteiger partial charge in [-0.25, -0.2) is 10.8 Å². The number of anilines is 1. The maximum atomic E-state index is 11.7. The van der Waals surface area contributed by atoms with Crippen LogP contribution in [0.25, 0.3) is 16.9 Å². The minimum absolute atomic E-state index is 0.0812. The number of amides is 1. The number of hydrogen-bond donors (Lipinski definition) is 3. The normalized spacial score (nSPS) is 18.9. The summed E-state index contributed by atoms with van der Waals surface area (Å²) >= 11 is 0. The number of nitrogens with two attached hydrogens (primary N) is 1. The van der Waals surface area contributed by atoms with Gasteiger partial charge in [0.1, 0.15) is 5.75 Å². The third-order valence-corrected chi connectivity index (χ3v) is 4.86. The van der Waals surface area contributed by atoms with Gasteiger partial charge in [-0.15, -0.1) is 5.10 Å². The maximum absolute atomic E-state index is 11.7. The number of nitrogens with zero attached hydrogens (tertiary/aromatic N) is 5. The first-order chi connectivity index (χ1) is 13.7. The smallest absolute Gasteiger partial charge is 0.237 e. The van der Waals surface area contributed by atoms with Crippen molar-refractivity contribution in [2.24, 2.45) is 11.8 Å². The van der Waals surface area contributed by atoms with E-state index in [1.54, 1.807) is 10.9 Å². The average molecular weight is 382 g/mol. The van der Waals surface area contributed by atoms with Crippen LogP contribution in [-0.4, -0.2) is 43.5 Å². The first-order valence-electron chi connectivity index (χ1n) is 9.26. The van der Waals surface area contributed by atoms with Crippen LogP contribution >= 0.6 is 0 Å². The Hall–Kier alpha value is -3.27. The minimum atomic E-state index is -0.126. The third-order valence-electron chi connectivity index (χ3n) is 4.86. The fourth-order valence-electron chi connectivity index (χ4n) is 3.47. The predicted octanol–water partition coefficient (Wildman–Crippen LogP) is 1.18. The molecule has 2 aromatic heterocycles. The van der Waals surface area contributed by atoms with Crippen LogP contribution < -0.4 is 21.3 Å². The second kappa shape index (κ2) is 7.77. The maximum Gasteiger partial charge on any atom is 0.237 e. The lowest BCUT2D eigenvalue weighted by molar-refractivity contribution is -0.124. The molecule has 2 heterocycles. The number of aromatic nitrogens is 5. The van der Waals surface area contributed by atoms with Crippen LogP contribution in [0.15, 0.2) is 30.5 Å². The molecule has 4 N–H and O–H groups in total. The Morgan fingerprint density at radius 1 is 1.32 bits per heavy atom. The molecule has 28 heavy (non-hydrogen) atoms. The number of carbonyl (C=O) groups is 1. The summed E-state index contributed by atoms with van der Waals surface area (Å²) in [5, 5.41) is 11.6. The lowest BCUT2D eigenvalue weighted by atomic mass is 10.1. The molecule has 1 amide bonds. The van der Waals surface area contributed by atoms with Gasteiger partial charge in [0.2, 0.25) is 11.9 Å². The van der Waals surface area contributed by atoms with Crippen molar-refractivity contribution in [2.45, 2.75) is 32.2 Å². The van der Waals surface area contributed by atoms with Crippen LogP contribution in [0, 0.1) is 5.92 Å². The molecule has 0 bridgehead atoms. The quantitative estimate of drug-likeness (QED) is 0.329. The summed E-state index contributed by atoms with van der Waals surface area (Å²) in [6.45, 7) is 2.56. The number of hydrogen-bond acceptors (Lipinski definition) is 8. The van der Waals surface area contributed by atoms with Crippen LogP contribution in [0.4, 0.5) is 5.95 Å². The number of nitrogens with one attached hydrogen (secondary N) is 2. The fraction of sp³-hybridized carbons (Fsp3) is 0.389. The van der Waals surface area contributed by atoms with E-state index in [1.807, 2.05) is 31.2 Å². The highest BCUT2D eigenvalue weighted by molar-refractivity contribution is 5.78. The molecule has 0 aliphatic heterocycles. The molecule has 4 rings (SSSR count). The lowest BCUT2D eigenvalue weighted by Gasteiger charge is -2.12.